The van der Waals surface area contributed by atoms with E-state index in [2.05, 4.69) is 9.97 Å². The molecule has 0 fully saturated rings. The molecule has 2 aromatic heterocycles. The summed E-state index contributed by atoms with van der Waals surface area (Å²) in [5.41, 5.74) is -1.32. The largest absolute Gasteiger partial charge is 0.497 e. The Kier molecular flexibility index (Phi) is 12.8. The van der Waals surface area contributed by atoms with Crippen LogP contribution in [0, 0.1) is 6.07 Å². The molecule has 35 heavy (non-hydrogen) atoms. The molecule has 13 heteroatoms. The number of methoxy groups -OCH3 is 2. The van der Waals surface area contributed by atoms with E-state index in [-0.39, 0.29) is 16.5 Å². The monoisotopic (exact) mass is 547 g/mol. The zero-order valence-corrected chi connectivity index (χ0v) is 19.3. The fourth-order valence-electron chi connectivity index (χ4n) is 2.16. The molecule has 3 rings (SSSR count). The van der Waals surface area contributed by atoms with E-state index in [1.54, 1.807) is 38.7 Å². The Balaban J connectivity index is 0.000000564. The molecule has 0 saturated heterocycles. The van der Waals surface area contributed by atoms with Crippen molar-refractivity contribution in [3.05, 3.63) is 72.1 Å². The minimum atomic E-state index is -4.80. The summed E-state index contributed by atoms with van der Waals surface area (Å²) in [4.78, 5) is 17.5. The van der Waals surface area contributed by atoms with Gasteiger partial charge < -0.3 is 14.6 Å². The maximum atomic E-state index is 12.0. The molecule has 194 valence electrons. The molecule has 2 heterocycles. The van der Waals surface area contributed by atoms with E-state index in [1.807, 2.05) is 12.1 Å². The predicted octanol–water partition coefficient (Wildman–Crippen LogP) is 5.77. The fourth-order valence-corrected chi connectivity index (χ4v) is 2.16. The minimum absolute atomic E-state index is 0. The molecule has 0 saturated carbocycles. The number of carboxylic acid groups (broad SMARTS) is 1. The van der Waals surface area contributed by atoms with E-state index in [9.17, 15) is 26.3 Å². The van der Waals surface area contributed by atoms with E-state index in [0.717, 1.165) is 29.8 Å². The van der Waals surface area contributed by atoms with Crippen LogP contribution in [0.5, 0.6) is 11.5 Å². The van der Waals surface area contributed by atoms with Crippen LogP contribution in [0.1, 0.15) is 18.1 Å². The van der Waals surface area contributed by atoms with Gasteiger partial charge in [0.25, 0.3) is 5.97 Å². The number of hydrogen-bond donors (Lipinski definition) is 1. The Bertz CT molecular complexity index is 999. The van der Waals surface area contributed by atoms with Crippen LogP contribution >= 0.6 is 0 Å². The minimum Gasteiger partial charge on any atom is -0.497 e. The maximum absolute atomic E-state index is 12.0. The Morgan fingerprint density at radius 1 is 0.829 bits per heavy atom. The molecular weight excluding hydrogens is 529 g/mol. The molecule has 0 unspecified atom stereocenters. The first-order valence-electron chi connectivity index (χ1n) is 9.14. The molecule has 0 spiro atoms. The number of halogens is 6. The first-order valence-corrected chi connectivity index (χ1v) is 9.14. The number of benzene rings is 1. The number of aromatic nitrogens is 2. The van der Waals surface area contributed by atoms with Gasteiger partial charge in [-0.2, -0.15) is 50.6 Å². The normalized spacial score (nSPS) is 10.4. The smallest absolute Gasteiger partial charge is 0.394 e. The first-order chi connectivity index (χ1) is 15.8. The topological polar surface area (TPSA) is 81.5 Å². The number of carboxylic acids is 1. The number of aliphatic carboxylic acids is 1. The van der Waals surface area contributed by atoms with Crippen molar-refractivity contribution in [3.63, 3.8) is 0 Å². The SMILES string of the molecule is CC(=O)O.COc1ccnc(-c2cc(OC)ccn2)c1.FC(F)(F)c1[c-]c(C(F)(F)F)ccc1.[Ni]. The van der Waals surface area contributed by atoms with Crippen molar-refractivity contribution in [2.24, 2.45) is 0 Å². The van der Waals surface area contributed by atoms with Crippen LogP contribution < -0.4 is 9.47 Å². The maximum Gasteiger partial charge on any atom is 0.394 e. The van der Waals surface area contributed by atoms with Crippen LogP contribution in [0.15, 0.2) is 54.9 Å². The van der Waals surface area contributed by atoms with Crippen molar-refractivity contribution in [3.8, 4) is 22.9 Å². The second kappa shape index (κ2) is 14.2. The number of hydrogen-bond acceptors (Lipinski definition) is 5. The van der Waals surface area contributed by atoms with Gasteiger partial charge in [-0.3, -0.25) is 14.8 Å². The molecule has 3 aromatic rings. The van der Waals surface area contributed by atoms with E-state index < -0.39 is 29.4 Å². The number of rotatable bonds is 3. The first kappa shape index (κ1) is 31.7. The molecule has 1 N–H and O–H groups in total. The van der Waals surface area contributed by atoms with Gasteiger partial charge in [-0.05, 0) is 12.1 Å². The zero-order chi connectivity index (χ0) is 25.9. The summed E-state index contributed by atoms with van der Waals surface area (Å²) in [7, 11) is 3.25. The average molecular weight is 548 g/mol. The van der Waals surface area contributed by atoms with Crippen molar-refractivity contribution >= 4 is 5.97 Å². The average Bonchev–Trinajstić information content (AvgIpc) is 2.78. The van der Waals surface area contributed by atoms with Crippen molar-refractivity contribution in [2.75, 3.05) is 14.2 Å². The molecular formula is C22H19F6N2NiO4-. The standard InChI is InChI=1S/C12H12N2O2.C8H3F6.C2H4O2.Ni/c1-15-9-3-5-13-11(7-9)12-8-10(16-2)4-6-14-12;9-7(10,11)5-2-1-3-6(4-5)8(12,13)14;1-2(3)4;/h3-8H,1-2H3;1-3H;1H3,(H,3,4);/q;-1;;. The molecule has 0 aliphatic carbocycles. The molecule has 0 bridgehead atoms. The van der Waals surface area contributed by atoms with Crippen molar-refractivity contribution in [1.82, 2.24) is 9.97 Å². The number of ether oxygens (including phenoxy) is 2. The van der Waals surface area contributed by atoms with Gasteiger partial charge in [0.1, 0.15) is 11.5 Å². The van der Waals surface area contributed by atoms with Crippen molar-refractivity contribution < 1.29 is 62.2 Å². The number of alkyl halides is 6. The number of pyridine rings is 2. The molecule has 6 nitrogen and oxygen atoms in total. The molecule has 1 aromatic carbocycles. The van der Waals surface area contributed by atoms with Crippen LogP contribution in [0.4, 0.5) is 26.3 Å². The van der Waals surface area contributed by atoms with Gasteiger partial charge in [0.05, 0.1) is 25.6 Å². The van der Waals surface area contributed by atoms with Gasteiger partial charge in [-0.1, -0.05) is 11.1 Å². The van der Waals surface area contributed by atoms with Crippen LogP contribution in [0.3, 0.4) is 0 Å². The van der Waals surface area contributed by atoms with Crippen LogP contribution in [0.2, 0.25) is 0 Å². The predicted molar refractivity (Wildman–Crippen MR) is 109 cm³/mol. The van der Waals surface area contributed by atoms with Crippen molar-refractivity contribution in [1.29, 1.82) is 0 Å². The molecule has 0 aliphatic heterocycles. The van der Waals surface area contributed by atoms with E-state index in [4.69, 9.17) is 19.4 Å². The molecule has 0 aliphatic rings. The van der Waals surface area contributed by atoms with E-state index in [1.165, 1.54) is 6.07 Å². The quantitative estimate of drug-likeness (QED) is 0.254. The number of nitrogens with zero attached hydrogens (tertiary/aromatic N) is 2. The summed E-state index contributed by atoms with van der Waals surface area (Å²) in [5.74, 6) is 0.684. The van der Waals surface area contributed by atoms with Gasteiger partial charge in [0.15, 0.2) is 0 Å². The summed E-state index contributed by atoms with van der Waals surface area (Å²) in [6.07, 6.45) is -6.23. The van der Waals surface area contributed by atoms with Crippen LogP contribution in [-0.4, -0.2) is 35.3 Å². The Morgan fingerprint density at radius 2 is 1.17 bits per heavy atom. The third kappa shape index (κ3) is 11.6. The third-order valence-corrected chi connectivity index (χ3v) is 3.60. The van der Waals surface area contributed by atoms with Gasteiger partial charge in [0, 0.05) is 47.9 Å². The Morgan fingerprint density at radius 3 is 1.46 bits per heavy atom. The third-order valence-electron chi connectivity index (χ3n) is 3.60. The van der Waals surface area contributed by atoms with Gasteiger partial charge in [0.2, 0.25) is 0 Å². The summed E-state index contributed by atoms with van der Waals surface area (Å²) in [6, 6.07) is 10.3. The fraction of sp³-hybridized carbons (Fsp3) is 0.227. The summed E-state index contributed by atoms with van der Waals surface area (Å²) >= 11 is 0. The number of carbonyl (C=O) groups is 1. The molecule has 0 atom stereocenters. The van der Waals surface area contributed by atoms with Crippen LogP contribution in [0.25, 0.3) is 11.4 Å². The van der Waals surface area contributed by atoms with E-state index >= 15 is 0 Å². The summed E-state index contributed by atoms with van der Waals surface area (Å²) in [5, 5.41) is 7.42. The summed E-state index contributed by atoms with van der Waals surface area (Å²) < 4.78 is 82.0. The molecule has 0 amide bonds. The van der Waals surface area contributed by atoms with Gasteiger partial charge >= 0.3 is 12.4 Å². The van der Waals surface area contributed by atoms with Gasteiger partial charge in [-0.15, -0.1) is 0 Å². The Labute approximate surface area is 206 Å². The van der Waals surface area contributed by atoms with Crippen LogP contribution in [-0.2, 0) is 33.6 Å². The van der Waals surface area contributed by atoms with Crippen molar-refractivity contribution in [2.45, 2.75) is 19.3 Å². The van der Waals surface area contributed by atoms with Gasteiger partial charge in [-0.25, -0.2) is 0 Å². The van der Waals surface area contributed by atoms with E-state index in [0.29, 0.717) is 18.2 Å². The second-order valence-electron chi connectivity index (χ2n) is 6.15. The molecule has 0 radical (unpaired) electrons. The zero-order valence-electron chi connectivity index (χ0n) is 18.3. The second-order valence-corrected chi connectivity index (χ2v) is 6.15. The Hall–Kier alpha value is -3.34. The summed E-state index contributed by atoms with van der Waals surface area (Å²) in [6.45, 7) is 1.08.